The summed E-state index contributed by atoms with van der Waals surface area (Å²) in [6.45, 7) is 1.32. The molecule has 1 aliphatic heterocycles. The van der Waals surface area contributed by atoms with Gasteiger partial charge in [0.1, 0.15) is 0 Å². The van der Waals surface area contributed by atoms with Crippen molar-refractivity contribution in [1.29, 1.82) is 0 Å². The summed E-state index contributed by atoms with van der Waals surface area (Å²) in [5, 5.41) is 2.74. The summed E-state index contributed by atoms with van der Waals surface area (Å²) < 4.78 is 6.83. The highest BCUT2D eigenvalue weighted by molar-refractivity contribution is 7.22. The smallest absolute Gasteiger partial charge is 0.252 e. The Morgan fingerprint density at radius 1 is 1.32 bits per heavy atom. The van der Waals surface area contributed by atoms with Crippen LogP contribution in [0.2, 0.25) is 0 Å². The maximum Gasteiger partial charge on any atom is 0.252 e. The number of rotatable bonds is 5. The van der Waals surface area contributed by atoms with Gasteiger partial charge in [-0.25, -0.2) is 4.98 Å². The summed E-state index contributed by atoms with van der Waals surface area (Å²) in [5.74, 6) is -0.0528. The first-order valence-corrected chi connectivity index (χ1v) is 9.99. The van der Waals surface area contributed by atoms with Crippen molar-refractivity contribution in [2.45, 2.75) is 18.9 Å². The number of carbonyl (C=O) groups excluding carboxylic acids is 1. The summed E-state index contributed by atoms with van der Waals surface area (Å²) in [7, 11) is 0. The summed E-state index contributed by atoms with van der Waals surface area (Å²) in [4.78, 5) is 20.3. The molecule has 4 nitrogen and oxygen atoms in total. The van der Waals surface area contributed by atoms with Gasteiger partial charge >= 0.3 is 0 Å². The van der Waals surface area contributed by atoms with Crippen LogP contribution < -0.4 is 4.90 Å². The zero-order valence-corrected chi connectivity index (χ0v) is 15.3. The van der Waals surface area contributed by atoms with E-state index in [4.69, 9.17) is 4.74 Å². The first-order valence-electron chi connectivity index (χ1n) is 8.30. The van der Waals surface area contributed by atoms with Gasteiger partial charge in [0, 0.05) is 17.6 Å². The number of thiazole rings is 1. The number of anilines is 1. The Hall–Kier alpha value is -2.02. The molecule has 3 heterocycles. The van der Waals surface area contributed by atoms with E-state index in [9.17, 15) is 4.79 Å². The lowest BCUT2D eigenvalue weighted by Crippen LogP contribution is -2.36. The third-order valence-electron chi connectivity index (χ3n) is 4.12. The van der Waals surface area contributed by atoms with E-state index in [1.807, 2.05) is 47.9 Å². The number of aromatic nitrogens is 1. The number of para-hydroxylation sites is 1. The molecular formula is C19H18N2O2S2. The van der Waals surface area contributed by atoms with E-state index in [2.05, 4.69) is 4.98 Å². The van der Waals surface area contributed by atoms with Gasteiger partial charge in [-0.3, -0.25) is 9.69 Å². The van der Waals surface area contributed by atoms with Crippen LogP contribution in [0.1, 0.15) is 17.7 Å². The van der Waals surface area contributed by atoms with E-state index in [1.165, 1.54) is 0 Å². The molecule has 1 aliphatic rings. The predicted octanol–water partition coefficient (Wildman–Crippen LogP) is 4.58. The van der Waals surface area contributed by atoms with Gasteiger partial charge in [-0.2, -0.15) is 0 Å². The lowest BCUT2D eigenvalue weighted by atomic mass is 10.2. The molecule has 0 bridgehead atoms. The maximum atomic E-state index is 12.9. The Kier molecular flexibility index (Phi) is 4.92. The van der Waals surface area contributed by atoms with Crippen molar-refractivity contribution in [3.05, 3.63) is 52.7 Å². The molecule has 0 N–H and O–H groups in total. The fraction of sp³-hybridized carbons (Fsp3) is 0.263. The van der Waals surface area contributed by atoms with Crippen molar-refractivity contribution in [2.75, 3.05) is 18.1 Å². The van der Waals surface area contributed by atoms with Gasteiger partial charge in [-0.05, 0) is 42.5 Å². The number of fused-ring (bicyclic) bond motifs is 1. The largest absolute Gasteiger partial charge is 0.376 e. The minimum absolute atomic E-state index is 0.0528. The second-order valence-corrected chi connectivity index (χ2v) is 7.89. The maximum absolute atomic E-state index is 12.9. The van der Waals surface area contributed by atoms with Crippen LogP contribution in [0.15, 0.2) is 47.9 Å². The topological polar surface area (TPSA) is 42.4 Å². The van der Waals surface area contributed by atoms with E-state index in [-0.39, 0.29) is 12.0 Å². The number of amides is 1. The zero-order valence-electron chi connectivity index (χ0n) is 13.6. The van der Waals surface area contributed by atoms with Gasteiger partial charge in [-0.1, -0.05) is 29.5 Å². The summed E-state index contributed by atoms with van der Waals surface area (Å²) in [6, 6.07) is 11.9. The minimum atomic E-state index is -0.0528. The highest BCUT2D eigenvalue weighted by atomic mass is 32.1. The molecule has 3 aromatic rings. The normalized spacial score (nSPS) is 17.5. The molecular weight excluding hydrogens is 352 g/mol. The molecule has 1 atom stereocenters. The van der Waals surface area contributed by atoms with E-state index >= 15 is 0 Å². The molecule has 25 heavy (non-hydrogen) atoms. The number of benzene rings is 1. The van der Waals surface area contributed by atoms with Crippen molar-refractivity contribution < 1.29 is 9.53 Å². The SMILES string of the molecule is O=C(/C=C/c1cccs1)N(CC1CCCO1)c1nc2ccccc2s1. The van der Waals surface area contributed by atoms with Gasteiger partial charge in [0.2, 0.25) is 0 Å². The number of ether oxygens (including phenoxy) is 1. The second kappa shape index (κ2) is 7.47. The second-order valence-electron chi connectivity index (χ2n) is 5.90. The van der Waals surface area contributed by atoms with E-state index in [1.54, 1.807) is 33.6 Å². The lowest BCUT2D eigenvalue weighted by Gasteiger charge is -2.21. The van der Waals surface area contributed by atoms with Crippen LogP contribution in [0, 0.1) is 0 Å². The average molecular weight is 370 g/mol. The number of thiophene rings is 1. The lowest BCUT2D eigenvalue weighted by molar-refractivity contribution is -0.114. The number of hydrogen-bond acceptors (Lipinski definition) is 5. The van der Waals surface area contributed by atoms with Crippen LogP contribution >= 0.6 is 22.7 Å². The Morgan fingerprint density at radius 2 is 2.24 bits per heavy atom. The summed E-state index contributed by atoms with van der Waals surface area (Å²) in [5.41, 5.74) is 0.926. The van der Waals surface area contributed by atoms with Crippen LogP contribution in [-0.2, 0) is 9.53 Å². The summed E-state index contributed by atoms with van der Waals surface area (Å²) >= 11 is 3.16. The number of nitrogens with zero attached hydrogens (tertiary/aromatic N) is 2. The van der Waals surface area contributed by atoms with Crippen LogP contribution in [-0.4, -0.2) is 30.1 Å². The Labute approximate surface area is 154 Å². The van der Waals surface area contributed by atoms with Crippen molar-refractivity contribution in [1.82, 2.24) is 4.98 Å². The van der Waals surface area contributed by atoms with E-state index in [0.29, 0.717) is 6.54 Å². The molecule has 1 unspecified atom stereocenters. The predicted molar refractivity (Wildman–Crippen MR) is 104 cm³/mol. The molecule has 2 aromatic heterocycles. The minimum Gasteiger partial charge on any atom is -0.376 e. The third kappa shape index (κ3) is 3.81. The first-order chi connectivity index (χ1) is 12.3. The molecule has 128 valence electrons. The fourth-order valence-electron chi connectivity index (χ4n) is 2.86. The molecule has 0 spiro atoms. The number of hydrogen-bond donors (Lipinski definition) is 0. The molecule has 1 fully saturated rings. The van der Waals surface area contributed by atoms with Crippen molar-refractivity contribution in [3.8, 4) is 0 Å². The zero-order chi connectivity index (χ0) is 17.1. The Morgan fingerprint density at radius 3 is 3.00 bits per heavy atom. The van der Waals surface area contributed by atoms with Crippen LogP contribution in [0.25, 0.3) is 16.3 Å². The van der Waals surface area contributed by atoms with E-state index < -0.39 is 0 Å². The molecule has 0 aliphatic carbocycles. The first kappa shape index (κ1) is 16.4. The van der Waals surface area contributed by atoms with Crippen molar-refractivity contribution >= 4 is 50.0 Å². The standard InChI is InChI=1S/C19H18N2O2S2/c22-18(10-9-15-6-4-12-24-15)21(13-14-5-3-11-23-14)19-20-16-7-1-2-8-17(16)25-19/h1-2,4,6-10,12,14H,3,5,11,13H2/b10-9+. The third-order valence-corrected chi connectivity index (χ3v) is 6.02. The molecule has 0 saturated carbocycles. The molecule has 1 aromatic carbocycles. The van der Waals surface area contributed by atoms with Gasteiger partial charge in [0.15, 0.2) is 5.13 Å². The average Bonchev–Trinajstić information content (AvgIpc) is 3.38. The summed E-state index contributed by atoms with van der Waals surface area (Å²) in [6.07, 6.45) is 5.63. The number of carbonyl (C=O) groups is 1. The molecule has 1 amide bonds. The van der Waals surface area contributed by atoms with Gasteiger partial charge in [-0.15, -0.1) is 11.3 Å². The molecule has 6 heteroatoms. The Balaban J connectivity index is 1.61. The monoisotopic (exact) mass is 370 g/mol. The molecule has 0 radical (unpaired) electrons. The van der Waals surface area contributed by atoms with Crippen molar-refractivity contribution in [2.24, 2.45) is 0 Å². The van der Waals surface area contributed by atoms with Crippen molar-refractivity contribution in [3.63, 3.8) is 0 Å². The highest BCUT2D eigenvalue weighted by Gasteiger charge is 2.25. The highest BCUT2D eigenvalue weighted by Crippen LogP contribution is 2.30. The van der Waals surface area contributed by atoms with Gasteiger partial charge in [0.25, 0.3) is 5.91 Å². The molecule has 4 rings (SSSR count). The van der Waals surface area contributed by atoms with E-state index in [0.717, 1.165) is 39.7 Å². The Bertz CT molecular complexity index is 847. The van der Waals surface area contributed by atoms with Gasteiger partial charge in [0.05, 0.1) is 22.9 Å². The van der Waals surface area contributed by atoms with Gasteiger partial charge < -0.3 is 4.74 Å². The van der Waals surface area contributed by atoms with Crippen LogP contribution in [0.4, 0.5) is 5.13 Å². The molecule has 1 saturated heterocycles. The van der Waals surface area contributed by atoms with Crippen LogP contribution in [0.3, 0.4) is 0 Å². The fourth-order valence-corrected chi connectivity index (χ4v) is 4.46. The quantitative estimate of drug-likeness (QED) is 0.617. The van der Waals surface area contributed by atoms with Crippen LogP contribution in [0.5, 0.6) is 0 Å².